The maximum absolute atomic E-state index is 11.7. The molecule has 0 aliphatic carbocycles. The van der Waals surface area contributed by atoms with Crippen LogP contribution in [0.5, 0.6) is 11.5 Å². The molecule has 130 valence electrons. The molecule has 0 aliphatic heterocycles. The molecule has 4 nitrogen and oxygen atoms in total. The van der Waals surface area contributed by atoms with E-state index in [1.165, 1.54) is 6.07 Å². The predicted molar refractivity (Wildman–Crippen MR) is 102 cm³/mol. The topological polar surface area (TPSA) is 58.9 Å². The third-order valence-corrected chi connectivity index (χ3v) is 3.80. The molecule has 3 aromatic carbocycles. The number of carbonyl (C=O) groups is 1. The van der Waals surface area contributed by atoms with E-state index in [0.717, 1.165) is 16.8 Å². The standard InChI is InChI=1S/C22H19NO3/c1-2-20(25)26-22-18(14-9-15-19(22)24)23-21(16-10-5-3-6-11-16)17-12-7-4-8-13-17/h3-15,24H,2H2,1H3. The van der Waals surface area contributed by atoms with E-state index in [0.29, 0.717) is 5.69 Å². The summed E-state index contributed by atoms with van der Waals surface area (Å²) in [7, 11) is 0. The van der Waals surface area contributed by atoms with E-state index < -0.39 is 5.97 Å². The monoisotopic (exact) mass is 345 g/mol. The molecular formula is C22H19NO3. The third kappa shape index (κ3) is 3.98. The highest BCUT2D eigenvalue weighted by Gasteiger charge is 2.14. The quantitative estimate of drug-likeness (QED) is 0.407. The number of hydrogen-bond donors (Lipinski definition) is 1. The molecule has 0 aromatic heterocycles. The van der Waals surface area contributed by atoms with E-state index in [1.54, 1.807) is 19.1 Å². The lowest BCUT2D eigenvalue weighted by molar-refractivity contribution is -0.134. The van der Waals surface area contributed by atoms with E-state index >= 15 is 0 Å². The molecule has 0 heterocycles. The molecule has 0 saturated heterocycles. The lowest BCUT2D eigenvalue weighted by Crippen LogP contribution is -2.07. The summed E-state index contributed by atoms with van der Waals surface area (Å²) in [6.07, 6.45) is 0.210. The summed E-state index contributed by atoms with van der Waals surface area (Å²) < 4.78 is 5.30. The summed E-state index contributed by atoms with van der Waals surface area (Å²) in [5, 5.41) is 10.1. The fourth-order valence-corrected chi connectivity index (χ4v) is 2.50. The van der Waals surface area contributed by atoms with Crippen molar-refractivity contribution in [3.63, 3.8) is 0 Å². The molecule has 0 radical (unpaired) electrons. The molecule has 3 aromatic rings. The van der Waals surface area contributed by atoms with Gasteiger partial charge in [-0.1, -0.05) is 73.7 Å². The van der Waals surface area contributed by atoms with Crippen LogP contribution in [-0.2, 0) is 4.79 Å². The summed E-state index contributed by atoms with van der Waals surface area (Å²) in [5.41, 5.74) is 2.98. The Morgan fingerprint density at radius 3 is 2.00 bits per heavy atom. The predicted octanol–water partition coefficient (Wildman–Crippen LogP) is 4.88. The first-order valence-corrected chi connectivity index (χ1v) is 8.41. The minimum Gasteiger partial charge on any atom is -0.504 e. The largest absolute Gasteiger partial charge is 0.504 e. The van der Waals surface area contributed by atoms with Gasteiger partial charge in [-0.2, -0.15) is 0 Å². The summed E-state index contributed by atoms with van der Waals surface area (Å²) in [4.78, 5) is 16.5. The second kappa shape index (κ2) is 8.12. The minimum atomic E-state index is -0.427. The molecule has 1 N–H and O–H groups in total. The Kier molecular flexibility index (Phi) is 5.44. The van der Waals surface area contributed by atoms with Gasteiger partial charge in [0, 0.05) is 17.5 Å². The van der Waals surface area contributed by atoms with Crippen molar-refractivity contribution in [2.75, 3.05) is 0 Å². The number of rotatable bonds is 5. The van der Waals surface area contributed by atoms with Gasteiger partial charge >= 0.3 is 5.97 Å². The van der Waals surface area contributed by atoms with Crippen molar-refractivity contribution in [2.24, 2.45) is 4.99 Å². The van der Waals surface area contributed by atoms with E-state index in [2.05, 4.69) is 0 Å². The van der Waals surface area contributed by atoms with Crippen LogP contribution in [0.4, 0.5) is 5.69 Å². The van der Waals surface area contributed by atoms with Gasteiger partial charge in [-0.3, -0.25) is 4.79 Å². The molecule has 0 fully saturated rings. The normalized spacial score (nSPS) is 10.2. The van der Waals surface area contributed by atoms with Crippen LogP contribution in [0.2, 0.25) is 0 Å². The van der Waals surface area contributed by atoms with Gasteiger partial charge in [0.25, 0.3) is 0 Å². The molecular weight excluding hydrogens is 326 g/mol. The van der Waals surface area contributed by atoms with Gasteiger partial charge < -0.3 is 9.84 Å². The van der Waals surface area contributed by atoms with Crippen molar-refractivity contribution in [1.82, 2.24) is 0 Å². The Hall–Kier alpha value is -3.40. The van der Waals surface area contributed by atoms with Gasteiger partial charge in [0.1, 0.15) is 5.69 Å². The summed E-state index contributed by atoms with van der Waals surface area (Å²) in [6, 6.07) is 24.4. The van der Waals surface area contributed by atoms with Gasteiger partial charge in [-0.05, 0) is 12.1 Å². The Morgan fingerprint density at radius 1 is 0.885 bits per heavy atom. The van der Waals surface area contributed by atoms with Crippen LogP contribution in [0.15, 0.2) is 83.9 Å². The van der Waals surface area contributed by atoms with Crippen LogP contribution in [0.3, 0.4) is 0 Å². The number of aliphatic imine (C=N–C) groups is 1. The molecule has 0 spiro atoms. The number of benzene rings is 3. The Morgan fingerprint density at radius 2 is 1.46 bits per heavy atom. The van der Waals surface area contributed by atoms with Crippen molar-refractivity contribution in [3.05, 3.63) is 90.0 Å². The molecule has 0 atom stereocenters. The number of para-hydroxylation sites is 1. The van der Waals surface area contributed by atoms with E-state index in [1.807, 2.05) is 60.7 Å². The Bertz CT molecular complexity index is 877. The first-order chi connectivity index (χ1) is 12.7. The van der Waals surface area contributed by atoms with Crippen LogP contribution < -0.4 is 4.74 Å². The average Bonchev–Trinajstić information content (AvgIpc) is 2.69. The second-order valence-corrected chi connectivity index (χ2v) is 5.65. The SMILES string of the molecule is CCC(=O)Oc1c(O)cccc1N=C(c1ccccc1)c1ccccc1. The average molecular weight is 345 g/mol. The zero-order valence-corrected chi connectivity index (χ0v) is 14.4. The van der Waals surface area contributed by atoms with Crippen LogP contribution in [0.1, 0.15) is 24.5 Å². The van der Waals surface area contributed by atoms with Crippen molar-refractivity contribution in [3.8, 4) is 11.5 Å². The number of esters is 1. The van der Waals surface area contributed by atoms with Crippen molar-refractivity contribution < 1.29 is 14.6 Å². The summed E-state index contributed by atoms with van der Waals surface area (Å²) in [5.74, 6) is -0.471. The fraction of sp³-hybridized carbons (Fsp3) is 0.0909. The minimum absolute atomic E-state index is 0.0729. The Balaban J connectivity index is 2.15. The van der Waals surface area contributed by atoms with Crippen LogP contribution in [0.25, 0.3) is 0 Å². The summed E-state index contributed by atoms with van der Waals surface area (Å²) >= 11 is 0. The van der Waals surface area contributed by atoms with Gasteiger partial charge in [-0.15, -0.1) is 0 Å². The molecule has 26 heavy (non-hydrogen) atoms. The highest BCUT2D eigenvalue weighted by Crippen LogP contribution is 2.37. The number of hydrogen-bond acceptors (Lipinski definition) is 4. The van der Waals surface area contributed by atoms with E-state index in [-0.39, 0.29) is 17.9 Å². The first kappa shape index (κ1) is 17.4. The fourth-order valence-electron chi connectivity index (χ4n) is 2.50. The van der Waals surface area contributed by atoms with E-state index in [9.17, 15) is 9.90 Å². The zero-order valence-electron chi connectivity index (χ0n) is 14.4. The molecule has 0 aliphatic rings. The van der Waals surface area contributed by atoms with Crippen molar-refractivity contribution >= 4 is 17.4 Å². The molecule has 0 unspecified atom stereocenters. The number of aromatic hydroxyl groups is 1. The zero-order chi connectivity index (χ0) is 18.4. The number of ether oxygens (including phenoxy) is 1. The maximum Gasteiger partial charge on any atom is 0.311 e. The molecule has 0 amide bonds. The maximum atomic E-state index is 11.7. The highest BCUT2D eigenvalue weighted by molar-refractivity contribution is 6.14. The molecule has 4 heteroatoms. The lowest BCUT2D eigenvalue weighted by Gasteiger charge is -2.11. The van der Waals surface area contributed by atoms with E-state index in [4.69, 9.17) is 9.73 Å². The third-order valence-electron chi connectivity index (χ3n) is 3.80. The van der Waals surface area contributed by atoms with Gasteiger partial charge in [0.2, 0.25) is 0 Å². The number of phenolic OH excluding ortho intramolecular Hbond substituents is 1. The van der Waals surface area contributed by atoms with Crippen LogP contribution in [-0.4, -0.2) is 16.8 Å². The van der Waals surface area contributed by atoms with Crippen molar-refractivity contribution in [1.29, 1.82) is 0 Å². The first-order valence-electron chi connectivity index (χ1n) is 8.41. The van der Waals surface area contributed by atoms with Gasteiger partial charge in [0.15, 0.2) is 11.5 Å². The molecule has 0 bridgehead atoms. The number of phenols is 1. The Labute approximate surface area is 152 Å². The number of carbonyl (C=O) groups excluding carboxylic acids is 1. The molecule has 0 saturated carbocycles. The highest BCUT2D eigenvalue weighted by atomic mass is 16.5. The smallest absolute Gasteiger partial charge is 0.311 e. The summed E-state index contributed by atoms with van der Waals surface area (Å²) in [6.45, 7) is 1.70. The second-order valence-electron chi connectivity index (χ2n) is 5.65. The van der Waals surface area contributed by atoms with Crippen LogP contribution >= 0.6 is 0 Å². The van der Waals surface area contributed by atoms with Crippen molar-refractivity contribution in [2.45, 2.75) is 13.3 Å². The van der Waals surface area contributed by atoms with Gasteiger partial charge in [0.05, 0.1) is 5.71 Å². The van der Waals surface area contributed by atoms with Gasteiger partial charge in [-0.25, -0.2) is 4.99 Å². The number of nitrogens with zero attached hydrogens (tertiary/aromatic N) is 1. The molecule has 3 rings (SSSR count). The van der Waals surface area contributed by atoms with Crippen LogP contribution in [0, 0.1) is 0 Å². The lowest BCUT2D eigenvalue weighted by atomic mass is 10.0.